The van der Waals surface area contributed by atoms with Crippen LogP contribution >= 0.6 is 0 Å². The number of nitrogens with zero attached hydrogens (tertiary/aromatic N) is 4. The van der Waals surface area contributed by atoms with Crippen LogP contribution in [0, 0.1) is 12.7 Å². The van der Waals surface area contributed by atoms with Gasteiger partial charge < -0.3 is 9.88 Å². The summed E-state index contributed by atoms with van der Waals surface area (Å²) in [5.74, 6) is 0.726. The van der Waals surface area contributed by atoms with Gasteiger partial charge in [-0.1, -0.05) is 6.42 Å². The van der Waals surface area contributed by atoms with Gasteiger partial charge in [0.1, 0.15) is 11.6 Å². The van der Waals surface area contributed by atoms with Crippen molar-refractivity contribution >= 4 is 11.6 Å². The number of carbonyl (C=O) groups is 1. The Morgan fingerprint density at radius 3 is 2.85 bits per heavy atom. The number of hydrogen-bond donors (Lipinski definition) is 1. The van der Waals surface area contributed by atoms with Gasteiger partial charge in [0.05, 0.1) is 11.1 Å². The van der Waals surface area contributed by atoms with E-state index in [0.717, 1.165) is 43.7 Å². The minimum atomic E-state index is -0.385. The fourth-order valence-corrected chi connectivity index (χ4v) is 3.26. The molecule has 2 aromatic heterocycles. The summed E-state index contributed by atoms with van der Waals surface area (Å²) < 4.78 is 16.5. The molecular formula is C20H20FN5O. The minimum absolute atomic E-state index is 0.292. The first-order valence-electron chi connectivity index (χ1n) is 9.08. The average molecular weight is 365 g/mol. The molecule has 0 atom stereocenters. The summed E-state index contributed by atoms with van der Waals surface area (Å²) in [4.78, 5) is 16.5. The number of anilines is 1. The molecule has 3 heterocycles. The molecule has 0 aliphatic carbocycles. The van der Waals surface area contributed by atoms with Crippen molar-refractivity contribution in [3.05, 3.63) is 59.4 Å². The van der Waals surface area contributed by atoms with Crippen LogP contribution in [0.5, 0.6) is 0 Å². The summed E-state index contributed by atoms with van der Waals surface area (Å²) in [5, 5.41) is 11.2. The first kappa shape index (κ1) is 17.3. The smallest absolute Gasteiger partial charge is 0.257 e. The molecule has 1 aliphatic heterocycles. The van der Waals surface area contributed by atoms with Gasteiger partial charge in [0, 0.05) is 30.5 Å². The summed E-state index contributed by atoms with van der Waals surface area (Å²) in [5.41, 5.74) is 2.13. The van der Waals surface area contributed by atoms with Gasteiger partial charge in [-0.3, -0.25) is 9.78 Å². The van der Waals surface area contributed by atoms with Crippen molar-refractivity contribution < 1.29 is 9.18 Å². The molecule has 0 bridgehead atoms. The lowest BCUT2D eigenvalue weighted by Gasteiger charge is -2.10. The zero-order valence-electron chi connectivity index (χ0n) is 15.1. The van der Waals surface area contributed by atoms with Crippen LogP contribution in [0.4, 0.5) is 10.1 Å². The standard InChI is InChI=1S/C20H20FN5O/c1-13-6-7-14(12-22-13)20(27)23-15-8-9-17(21)16(11-15)19-25-24-18-5-3-2-4-10-26(18)19/h6-9,11-12H,2-5,10H2,1H3,(H,23,27). The molecule has 138 valence electrons. The van der Waals surface area contributed by atoms with Crippen molar-refractivity contribution in [3.63, 3.8) is 0 Å². The Labute approximate surface area is 156 Å². The molecule has 1 aliphatic rings. The third-order valence-electron chi connectivity index (χ3n) is 4.75. The maximum atomic E-state index is 14.5. The van der Waals surface area contributed by atoms with Gasteiger partial charge >= 0.3 is 0 Å². The number of aryl methyl sites for hydroxylation is 2. The molecule has 0 saturated heterocycles. The Balaban J connectivity index is 1.63. The fourth-order valence-electron chi connectivity index (χ4n) is 3.26. The molecule has 0 saturated carbocycles. The van der Waals surface area contributed by atoms with E-state index >= 15 is 0 Å². The van der Waals surface area contributed by atoms with E-state index in [9.17, 15) is 9.18 Å². The molecule has 0 spiro atoms. The van der Waals surface area contributed by atoms with Gasteiger partial charge in [0.25, 0.3) is 5.91 Å². The highest BCUT2D eigenvalue weighted by Crippen LogP contribution is 2.27. The number of fused-ring (bicyclic) bond motifs is 1. The van der Waals surface area contributed by atoms with E-state index < -0.39 is 0 Å². The van der Waals surface area contributed by atoms with Gasteiger partial charge in [-0.2, -0.15) is 0 Å². The van der Waals surface area contributed by atoms with E-state index in [2.05, 4.69) is 20.5 Å². The number of halogens is 1. The van der Waals surface area contributed by atoms with Gasteiger partial charge in [0.2, 0.25) is 0 Å². The van der Waals surface area contributed by atoms with Crippen LogP contribution in [0.15, 0.2) is 36.5 Å². The van der Waals surface area contributed by atoms with Gasteiger partial charge in [0.15, 0.2) is 5.82 Å². The highest BCUT2D eigenvalue weighted by molar-refractivity contribution is 6.04. The van der Waals surface area contributed by atoms with Crippen molar-refractivity contribution in [1.82, 2.24) is 19.7 Å². The number of benzene rings is 1. The molecule has 1 aromatic carbocycles. The molecule has 27 heavy (non-hydrogen) atoms. The number of pyridine rings is 1. The molecule has 0 fully saturated rings. The maximum absolute atomic E-state index is 14.5. The first-order valence-corrected chi connectivity index (χ1v) is 9.08. The number of carbonyl (C=O) groups excluding carboxylic acids is 1. The number of amides is 1. The normalized spacial score (nSPS) is 13.7. The highest BCUT2D eigenvalue weighted by atomic mass is 19.1. The molecule has 7 heteroatoms. The van der Waals surface area contributed by atoms with E-state index in [-0.39, 0.29) is 11.7 Å². The lowest BCUT2D eigenvalue weighted by Crippen LogP contribution is -2.12. The van der Waals surface area contributed by atoms with Crippen LogP contribution in [-0.4, -0.2) is 25.7 Å². The molecule has 6 nitrogen and oxygen atoms in total. The second-order valence-corrected chi connectivity index (χ2v) is 6.74. The first-order chi connectivity index (χ1) is 13.1. The zero-order valence-corrected chi connectivity index (χ0v) is 15.1. The highest BCUT2D eigenvalue weighted by Gasteiger charge is 2.19. The zero-order chi connectivity index (χ0) is 18.8. The SMILES string of the molecule is Cc1ccc(C(=O)Nc2ccc(F)c(-c3nnc4n3CCCCC4)c2)cn1. The third-order valence-corrected chi connectivity index (χ3v) is 4.75. The third kappa shape index (κ3) is 3.58. The Morgan fingerprint density at radius 1 is 1.15 bits per heavy atom. The van der Waals surface area contributed by atoms with Crippen molar-refractivity contribution in [2.24, 2.45) is 0 Å². The van der Waals surface area contributed by atoms with E-state index in [1.165, 1.54) is 18.3 Å². The second-order valence-electron chi connectivity index (χ2n) is 6.74. The lowest BCUT2D eigenvalue weighted by atomic mass is 10.1. The predicted molar refractivity (Wildman–Crippen MR) is 99.9 cm³/mol. The Bertz CT molecular complexity index is 981. The number of rotatable bonds is 3. The van der Waals surface area contributed by atoms with Gasteiger partial charge in [-0.15, -0.1) is 10.2 Å². The maximum Gasteiger partial charge on any atom is 0.257 e. The van der Waals surface area contributed by atoms with E-state index in [4.69, 9.17) is 0 Å². The van der Waals surface area contributed by atoms with Gasteiger partial charge in [-0.25, -0.2) is 4.39 Å². The number of nitrogens with one attached hydrogen (secondary N) is 1. The monoisotopic (exact) mass is 365 g/mol. The molecule has 1 amide bonds. The van der Waals surface area contributed by atoms with Crippen LogP contribution in [0.2, 0.25) is 0 Å². The number of hydrogen-bond acceptors (Lipinski definition) is 4. The topological polar surface area (TPSA) is 72.7 Å². The van der Waals surface area contributed by atoms with Crippen LogP contribution in [0.1, 0.15) is 41.1 Å². The van der Waals surface area contributed by atoms with Crippen LogP contribution in [0.3, 0.4) is 0 Å². The second kappa shape index (κ2) is 7.26. The Morgan fingerprint density at radius 2 is 2.04 bits per heavy atom. The Hall–Kier alpha value is -3.09. The minimum Gasteiger partial charge on any atom is -0.322 e. The van der Waals surface area contributed by atoms with Crippen LogP contribution < -0.4 is 5.32 Å². The van der Waals surface area contributed by atoms with Crippen molar-refractivity contribution in [2.75, 3.05) is 5.32 Å². The molecule has 1 N–H and O–H groups in total. The summed E-state index contributed by atoms with van der Waals surface area (Å²) in [6, 6.07) is 7.97. The molecule has 3 aromatic rings. The quantitative estimate of drug-likeness (QED) is 0.767. The summed E-state index contributed by atoms with van der Waals surface area (Å²) in [6.07, 6.45) is 5.60. The molecule has 0 radical (unpaired) electrons. The number of aromatic nitrogens is 4. The molecular weight excluding hydrogens is 345 g/mol. The molecule has 0 unspecified atom stereocenters. The van der Waals surface area contributed by atoms with Crippen molar-refractivity contribution in [1.29, 1.82) is 0 Å². The largest absolute Gasteiger partial charge is 0.322 e. The van der Waals surface area contributed by atoms with Crippen molar-refractivity contribution in [3.8, 4) is 11.4 Å². The van der Waals surface area contributed by atoms with Crippen LogP contribution in [0.25, 0.3) is 11.4 Å². The fraction of sp³-hybridized carbons (Fsp3) is 0.300. The van der Waals surface area contributed by atoms with E-state index in [0.29, 0.717) is 22.6 Å². The lowest BCUT2D eigenvalue weighted by molar-refractivity contribution is 0.102. The molecule has 4 rings (SSSR count). The summed E-state index contributed by atoms with van der Waals surface area (Å²) in [7, 11) is 0. The van der Waals surface area contributed by atoms with E-state index in [1.54, 1.807) is 18.2 Å². The van der Waals surface area contributed by atoms with Gasteiger partial charge in [-0.05, 0) is 50.1 Å². The van der Waals surface area contributed by atoms with Crippen molar-refractivity contribution in [2.45, 2.75) is 39.2 Å². The summed E-state index contributed by atoms with van der Waals surface area (Å²) in [6.45, 7) is 2.64. The summed E-state index contributed by atoms with van der Waals surface area (Å²) >= 11 is 0. The average Bonchev–Trinajstić information content (AvgIpc) is 2.91. The van der Waals surface area contributed by atoms with Crippen LogP contribution in [-0.2, 0) is 13.0 Å². The Kier molecular flexibility index (Phi) is 4.66. The van der Waals surface area contributed by atoms with E-state index in [1.807, 2.05) is 11.5 Å². The predicted octanol–water partition coefficient (Wildman–Crippen LogP) is 3.77.